The molecule has 1 aromatic carbocycles. The van der Waals surface area contributed by atoms with Gasteiger partial charge in [-0.05, 0) is 52.3 Å². The molecule has 0 spiro atoms. The number of carbonyl (C=O) groups is 1. The first-order chi connectivity index (χ1) is 10.2. The van der Waals surface area contributed by atoms with E-state index >= 15 is 0 Å². The second kappa shape index (κ2) is 6.39. The summed E-state index contributed by atoms with van der Waals surface area (Å²) in [5.74, 6) is -2.10. The lowest BCUT2D eigenvalue weighted by atomic mass is 9.84. The van der Waals surface area contributed by atoms with Crippen LogP contribution in [0.3, 0.4) is 0 Å². The number of hydrogen-bond donors (Lipinski definition) is 1. The Hall–Kier alpha value is -1.76. The fourth-order valence-electron chi connectivity index (χ4n) is 2.06. The molecule has 0 heterocycles. The van der Waals surface area contributed by atoms with Crippen LogP contribution in [0.1, 0.15) is 46.1 Å². The molecule has 7 heteroatoms. The van der Waals surface area contributed by atoms with E-state index in [-0.39, 0.29) is 0 Å². The summed E-state index contributed by atoms with van der Waals surface area (Å²) in [6.45, 7) is 7.93. The normalized spacial score (nSPS) is 14.3. The molecule has 130 valence electrons. The molecule has 0 bridgehead atoms. The van der Waals surface area contributed by atoms with Crippen molar-refractivity contribution < 1.29 is 32.5 Å². The van der Waals surface area contributed by atoms with E-state index in [1.54, 1.807) is 20.8 Å². The molecule has 0 radical (unpaired) electrons. The molecule has 0 aromatic heterocycles. The molecule has 23 heavy (non-hydrogen) atoms. The fourth-order valence-corrected chi connectivity index (χ4v) is 2.06. The Labute approximate surface area is 133 Å². The molecular formula is C16H21F3O4. The number of carbonyl (C=O) groups excluding carboxylic acids is 1. The number of esters is 1. The average molecular weight is 334 g/mol. The van der Waals surface area contributed by atoms with Crippen LogP contribution in [0.2, 0.25) is 0 Å². The Kier molecular flexibility index (Phi) is 5.36. The van der Waals surface area contributed by atoms with Gasteiger partial charge in [0.25, 0.3) is 0 Å². The van der Waals surface area contributed by atoms with Crippen LogP contribution in [0, 0.1) is 0 Å². The smallest absolute Gasteiger partial charge is 0.459 e. The molecule has 1 aromatic rings. The van der Waals surface area contributed by atoms with Gasteiger partial charge in [-0.25, -0.2) is 0 Å². The van der Waals surface area contributed by atoms with E-state index in [4.69, 9.17) is 4.74 Å². The van der Waals surface area contributed by atoms with Gasteiger partial charge in [0.05, 0.1) is 5.60 Å². The Morgan fingerprint density at radius 2 is 1.52 bits per heavy atom. The summed E-state index contributed by atoms with van der Waals surface area (Å²) >= 11 is 0. The van der Waals surface area contributed by atoms with Crippen molar-refractivity contribution in [1.29, 1.82) is 0 Å². The highest BCUT2D eigenvalue weighted by atomic mass is 19.4. The summed E-state index contributed by atoms with van der Waals surface area (Å²) < 4.78 is 45.6. The average Bonchev–Trinajstić information content (AvgIpc) is 2.25. The van der Waals surface area contributed by atoms with E-state index in [1.807, 2.05) is 0 Å². The number of benzene rings is 1. The molecule has 0 aliphatic carbocycles. The van der Waals surface area contributed by atoms with Gasteiger partial charge in [-0.15, -0.1) is 13.2 Å². The predicted octanol–water partition coefficient (Wildman–Crippen LogP) is 3.78. The molecular weight excluding hydrogens is 313 g/mol. The lowest BCUT2D eigenvalue weighted by Crippen LogP contribution is -2.39. The van der Waals surface area contributed by atoms with E-state index in [1.165, 1.54) is 26.0 Å². The predicted molar refractivity (Wildman–Crippen MR) is 78.0 cm³/mol. The molecule has 1 atom stereocenters. The quantitative estimate of drug-likeness (QED) is 0.852. The SMILES string of the molecule is CC(C)(C)OC(=O)C(c1ccc(OC(F)(F)F)cc1)C(C)(C)O. The lowest BCUT2D eigenvalue weighted by Gasteiger charge is -2.31. The van der Waals surface area contributed by atoms with Gasteiger partial charge in [-0.1, -0.05) is 12.1 Å². The van der Waals surface area contributed by atoms with Crippen LogP contribution in [0.15, 0.2) is 24.3 Å². The molecule has 0 amide bonds. The van der Waals surface area contributed by atoms with Crippen molar-refractivity contribution >= 4 is 5.97 Å². The van der Waals surface area contributed by atoms with Gasteiger partial charge in [-0.3, -0.25) is 4.79 Å². The summed E-state index contributed by atoms with van der Waals surface area (Å²) in [5.41, 5.74) is -1.87. The van der Waals surface area contributed by atoms with Gasteiger partial charge in [0, 0.05) is 0 Å². The number of halogens is 3. The fraction of sp³-hybridized carbons (Fsp3) is 0.562. The van der Waals surface area contributed by atoms with Crippen LogP contribution in [-0.2, 0) is 9.53 Å². The van der Waals surface area contributed by atoms with Crippen molar-refractivity contribution in [1.82, 2.24) is 0 Å². The molecule has 0 fully saturated rings. The maximum Gasteiger partial charge on any atom is 0.573 e. The van der Waals surface area contributed by atoms with E-state index in [0.29, 0.717) is 5.56 Å². The lowest BCUT2D eigenvalue weighted by molar-refractivity contribution is -0.274. The van der Waals surface area contributed by atoms with Gasteiger partial charge in [0.15, 0.2) is 0 Å². The Balaban J connectivity index is 3.07. The topological polar surface area (TPSA) is 55.8 Å². The molecule has 0 aliphatic rings. The summed E-state index contributed by atoms with van der Waals surface area (Å²) in [6.07, 6.45) is -4.79. The molecule has 0 saturated heterocycles. The van der Waals surface area contributed by atoms with Gasteiger partial charge in [-0.2, -0.15) is 0 Å². The van der Waals surface area contributed by atoms with Crippen molar-refractivity contribution in [3.8, 4) is 5.75 Å². The number of hydrogen-bond acceptors (Lipinski definition) is 4. The van der Waals surface area contributed by atoms with Gasteiger partial charge in [0.1, 0.15) is 17.3 Å². The van der Waals surface area contributed by atoms with E-state index in [9.17, 15) is 23.1 Å². The Bertz CT molecular complexity index is 536. The highest BCUT2D eigenvalue weighted by Crippen LogP contribution is 2.32. The van der Waals surface area contributed by atoms with Gasteiger partial charge < -0.3 is 14.6 Å². The first kappa shape index (κ1) is 19.3. The minimum Gasteiger partial charge on any atom is -0.459 e. The van der Waals surface area contributed by atoms with E-state index in [0.717, 1.165) is 12.1 Å². The maximum atomic E-state index is 12.3. The first-order valence-electron chi connectivity index (χ1n) is 7.00. The van der Waals surface area contributed by atoms with Gasteiger partial charge >= 0.3 is 12.3 Å². The second-order valence-corrected chi connectivity index (χ2v) is 6.74. The number of aliphatic hydroxyl groups is 1. The van der Waals surface area contributed by atoms with Crippen LogP contribution in [0.4, 0.5) is 13.2 Å². The number of rotatable bonds is 4. The molecule has 1 N–H and O–H groups in total. The third-order valence-electron chi connectivity index (χ3n) is 2.80. The van der Waals surface area contributed by atoms with Crippen LogP contribution in [0.25, 0.3) is 0 Å². The zero-order valence-electron chi connectivity index (χ0n) is 13.7. The zero-order chi connectivity index (χ0) is 18.1. The van der Waals surface area contributed by atoms with Crippen LogP contribution >= 0.6 is 0 Å². The molecule has 1 rings (SSSR count). The highest BCUT2D eigenvalue weighted by Gasteiger charge is 2.38. The molecule has 1 unspecified atom stereocenters. The molecule has 4 nitrogen and oxygen atoms in total. The van der Waals surface area contributed by atoms with E-state index < -0.39 is 35.2 Å². The van der Waals surface area contributed by atoms with Crippen molar-refractivity contribution in [2.75, 3.05) is 0 Å². The monoisotopic (exact) mass is 334 g/mol. The minimum absolute atomic E-state index is 0.335. The van der Waals surface area contributed by atoms with Crippen molar-refractivity contribution in [3.63, 3.8) is 0 Å². The summed E-state index contributed by atoms with van der Waals surface area (Å²) in [6, 6.07) is 4.78. The van der Waals surface area contributed by atoms with Crippen molar-refractivity contribution in [2.45, 2.75) is 58.1 Å². The van der Waals surface area contributed by atoms with Crippen molar-refractivity contribution in [3.05, 3.63) is 29.8 Å². The number of alkyl halides is 3. The van der Waals surface area contributed by atoms with Crippen molar-refractivity contribution in [2.24, 2.45) is 0 Å². The zero-order valence-corrected chi connectivity index (χ0v) is 13.7. The standard InChI is InChI=1S/C16H21F3O4/c1-14(2,3)23-13(20)12(15(4,5)21)10-6-8-11(9-7-10)22-16(17,18)19/h6-9,12,21H,1-5H3. The summed E-state index contributed by atoms with van der Waals surface area (Å²) in [5, 5.41) is 10.2. The third kappa shape index (κ3) is 6.48. The molecule has 0 saturated carbocycles. The largest absolute Gasteiger partial charge is 0.573 e. The van der Waals surface area contributed by atoms with Crippen LogP contribution < -0.4 is 4.74 Å². The summed E-state index contributed by atoms with van der Waals surface area (Å²) in [4.78, 5) is 12.3. The second-order valence-electron chi connectivity index (χ2n) is 6.74. The van der Waals surface area contributed by atoms with Gasteiger partial charge in [0.2, 0.25) is 0 Å². The van der Waals surface area contributed by atoms with E-state index in [2.05, 4.69) is 4.74 Å². The minimum atomic E-state index is -4.79. The highest BCUT2D eigenvalue weighted by molar-refractivity contribution is 5.80. The third-order valence-corrected chi connectivity index (χ3v) is 2.80. The molecule has 0 aliphatic heterocycles. The maximum absolute atomic E-state index is 12.3. The first-order valence-corrected chi connectivity index (χ1v) is 7.00. The Morgan fingerprint density at radius 3 is 1.87 bits per heavy atom. The van der Waals surface area contributed by atoms with Crippen LogP contribution in [0.5, 0.6) is 5.75 Å². The summed E-state index contributed by atoms with van der Waals surface area (Å²) in [7, 11) is 0. The number of ether oxygens (including phenoxy) is 2. The Morgan fingerprint density at radius 1 is 1.04 bits per heavy atom. The van der Waals surface area contributed by atoms with Crippen LogP contribution in [-0.4, -0.2) is 28.6 Å².